The maximum atomic E-state index is 10.0. The van der Waals surface area contributed by atoms with Crippen molar-refractivity contribution in [2.75, 3.05) is 13.4 Å². The summed E-state index contributed by atoms with van der Waals surface area (Å²) in [4.78, 5) is 4.07. The average Bonchev–Trinajstić information content (AvgIpc) is 1.59. The molecule has 0 aliphatic carbocycles. The lowest BCUT2D eigenvalue weighted by atomic mass is 11.7. The molecule has 0 fully saturated rings. The maximum Gasteiger partial charge on any atom is 0.282 e. The summed E-state index contributed by atoms with van der Waals surface area (Å²) in [7, 11) is -2.18. The Balaban J connectivity index is 3.42. The van der Waals surface area contributed by atoms with E-state index in [1.807, 2.05) is 0 Å². The van der Waals surface area contributed by atoms with Crippen LogP contribution in [0.3, 0.4) is 0 Å². The average molecular weight is 141 g/mol. The fourth-order valence-corrected chi connectivity index (χ4v) is 0.287. The standard InChI is InChI=1S/C2H7NO4S/c1-6-3-7-8(2,4)5/h3H,1-2H3. The van der Waals surface area contributed by atoms with Crippen LogP contribution in [-0.4, -0.2) is 21.8 Å². The van der Waals surface area contributed by atoms with E-state index >= 15 is 0 Å². The zero-order valence-corrected chi connectivity index (χ0v) is 5.36. The molecule has 0 aromatic carbocycles. The first kappa shape index (κ1) is 7.83. The fraction of sp³-hybridized carbons (Fsp3) is 1.00. The summed E-state index contributed by atoms with van der Waals surface area (Å²) in [6.45, 7) is 0. The van der Waals surface area contributed by atoms with Crippen LogP contribution in [0.4, 0.5) is 0 Å². The van der Waals surface area contributed by atoms with Crippen LogP contribution in [0, 0.1) is 0 Å². The monoisotopic (exact) mass is 141 g/mol. The third kappa shape index (κ3) is 5.83. The lowest BCUT2D eigenvalue weighted by Gasteiger charge is -1.96. The minimum Gasteiger partial charge on any atom is -0.279 e. The lowest BCUT2D eigenvalue weighted by Crippen LogP contribution is -2.17. The molecule has 0 aromatic heterocycles. The minimum atomic E-state index is -3.42. The van der Waals surface area contributed by atoms with E-state index in [0.717, 1.165) is 6.26 Å². The second kappa shape index (κ2) is 2.98. The molecule has 0 rings (SSSR count). The summed E-state index contributed by atoms with van der Waals surface area (Å²) < 4.78 is 23.9. The van der Waals surface area contributed by atoms with E-state index < -0.39 is 10.1 Å². The zero-order valence-electron chi connectivity index (χ0n) is 4.54. The van der Waals surface area contributed by atoms with Gasteiger partial charge in [0.25, 0.3) is 10.1 Å². The molecule has 0 atom stereocenters. The highest BCUT2D eigenvalue weighted by Crippen LogP contribution is 1.77. The van der Waals surface area contributed by atoms with Crippen LogP contribution in [0.15, 0.2) is 0 Å². The first-order chi connectivity index (χ1) is 3.56. The predicted molar refractivity (Wildman–Crippen MR) is 26.1 cm³/mol. The molecule has 0 radical (unpaired) electrons. The Hall–Kier alpha value is -0.170. The van der Waals surface area contributed by atoms with Gasteiger partial charge in [-0.05, 0) is 0 Å². The van der Waals surface area contributed by atoms with Crippen LogP contribution in [-0.2, 0) is 19.2 Å². The lowest BCUT2D eigenvalue weighted by molar-refractivity contribution is -0.0745. The van der Waals surface area contributed by atoms with E-state index in [9.17, 15) is 8.42 Å². The number of rotatable bonds is 3. The third-order valence-corrected chi connectivity index (χ3v) is 0.640. The SMILES string of the molecule is CONOS(C)(=O)=O. The quantitative estimate of drug-likeness (QED) is 0.512. The summed E-state index contributed by atoms with van der Waals surface area (Å²) in [5.41, 5.74) is 1.70. The van der Waals surface area contributed by atoms with E-state index in [2.05, 4.69) is 9.12 Å². The number of hydrogen-bond acceptors (Lipinski definition) is 5. The second-order valence-electron chi connectivity index (χ2n) is 1.07. The van der Waals surface area contributed by atoms with Gasteiger partial charge in [0.2, 0.25) is 0 Å². The van der Waals surface area contributed by atoms with E-state index in [1.165, 1.54) is 7.11 Å². The first-order valence-electron chi connectivity index (χ1n) is 1.72. The van der Waals surface area contributed by atoms with E-state index in [0.29, 0.717) is 0 Å². The molecule has 6 heteroatoms. The Bertz CT molecular complexity index is 138. The van der Waals surface area contributed by atoms with Crippen molar-refractivity contribution in [2.45, 2.75) is 0 Å². The van der Waals surface area contributed by atoms with Crippen LogP contribution in [0.5, 0.6) is 0 Å². The van der Waals surface area contributed by atoms with Crippen molar-refractivity contribution >= 4 is 10.1 Å². The number of hydrogen-bond donors (Lipinski definition) is 1. The van der Waals surface area contributed by atoms with Gasteiger partial charge < -0.3 is 0 Å². The van der Waals surface area contributed by atoms with Crippen LogP contribution in [0.25, 0.3) is 0 Å². The molecule has 0 unspecified atom stereocenters. The highest BCUT2D eigenvalue weighted by atomic mass is 32.2. The fourth-order valence-electron chi connectivity index (χ4n) is 0.0958. The zero-order chi connectivity index (χ0) is 6.62. The molecule has 0 heterocycles. The summed E-state index contributed by atoms with van der Waals surface area (Å²) in [6, 6.07) is 0. The van der Waals surface area contributed by atoms with Gasteiger partial charge in [-0.1, -0.05) is 5.64 Å². The summed E-state index contributed by atoms with van der Waals surface area (Å²) in [5.74, 6) is 0. The summed E-state index contributed by atoms with van der Waals surface area (Å²) in [6.07, 6.45) is 0.902. The van der Waals surface area contributed by atoms with Crippen molar-refractivity contribution in [1.82, 2.24) is 5.64 Å². The highest BCUT2D eigenvalue weighted by molar-refractivity contribution is 7.85. The van der Waals surface area contributed by atoms with Gasteiger partial charge in [-0.2, -0.15) is 12.7 Å². The molecule has 0 aromatic rings. The van der Waals surface area contributed by atoms with Crippen molar-refractivity contribution < 1.29 is 17.5 Å². The van der Waals surface area contributed by atoms with Gasteiger partial charge in [-0.25, -0.2) is 0 Å². The Kier molecular flexibility index (Phi) is 2.91. The highest BCUT2D eigenvalue weighted by Gasteiger charge is 1.97. The molecule has 0 amide bonds. The Morgan fingerprint density at radius 3 is 2.12 bits per heavy atom. The molecule has 0 bridgehead atoms. The second-order valence-corrected chi connectivity index (χ2v) is 2.65. The molecule has 1 N–H and O–H groups in total. The van der Waals surface area contributed by atoms with Gasteiger partial charge in [0.05, 0.1) is 13.4 Å². The molecule has 0 aliphatic heterocycles. The Morgan fingerprint density at radius 1 is 1.50 bits per heavy atom. The van der Waals surface area contributed by atoms with Crippen molar-refractivity contribution in [2.24, 2.45) is 0 Å². The van der Waals surface area contributed by atoms with Gasteiger partial charge in [0.1, 0.15) is 0 Å². The molecule has 0 saturated heterocycles. The molecule has 0 spiro atoms. The molecule has 0 saturated carbocycles. The van der Waals surface area contributed by atoms with Gasteiger partial charge in [0.15, 0.2) is 0 Å². The minimum absolute atomic E-state index is 0.902. The van der Waals surface area contributed by atoms with Crippen molar-refractivity contribution in [3.63, 3.8) is 0 Å². The molecule has 5 nitrogen and oxygen atoms in total. The van der Waals surface area contributed by atoms with Crippen molar-refractivity contribution in [3.8, 4) is 0 Å². The topological polar surface area (TPSA) is 64.6 Å². The van der Waals surface area contributed by atoms with E-state index in [-0.39, 0.29) is 0 Å². The predicted octanol–water partition coefficient (Wildman–Crippen LogP) is -0.971. The molecular weight excluding hydrogens is 134 g/mol. The smallest absolute Gasteiger partial charge is 0.279 e. The third-order valence-electron chi connectivity index (χ3n) is 0.269. The van der Waals surface area contributed by atoms with Gasteiger partial charge in [0, 0.05) is 0 Å². The molecular formula is C2H7NO4S. The Labute approximate surface area is 47.6 Å². The first-order valence-corrected chi connectivity index (χ1v) is 3.54. The molecule has 8 heavy (non-hydrogen) atoms. The maximum absolute atomic E-state index is 10.0. The van der Waals surface area contributed by atoms with E-state index in [1.54, 1.807) is 5.64 Å². The molecule has 50 valence electrons. The van der Waals surface area contributed by atoms with Gasteiger partial charge in [-0.15, -0.1) is 0 Å². The van der Waals surface area contributed by atoms with Crippen molar-refractivity contribution in [1.29, 1.82) is 0 Å². The Morgan fingerprint density at radius 2 is 2.00 bits per heavy atom. The van der Waals surface area contributed by atoms with Crippen LogP contribution in [0.2, 0.25) is 0 Å². The van der Waals surface area contributed by atoms with Crippen LogP contribution in [0.1, 0.15) is 0 Å². The summed E-state index contributed by atoms with van der Waals surface area (Å²) >= 11 is 0. The van der Waals surface area contributed by atoms with Crippen LogP contribution >= 0.6 is 0 Å². The van der Waals surface area contributed by atoms with Crippen LogP contribution < -0.4 is 5.64 Å². The molecule has 0 aliphatic rings. The largest absolute Gasteiger partial charge is 0.282 e. The van der Waals surface area contributed by atoms with Crippen molar-refractivity contribution in [3.05, 3.63) is 0 Å². The van der Waals surface area contributed by atoms with E-state index in [4.69, 9.17) is 0 Å². The number of nitrogens with one attached hydrogen (secondary N) is 1. The van der Waals surface area contributed by atoms with Gasteiger partial charge >= 0.3 is 0 Å². The normalized spacial score (nSPS) is 11.8. The van der Waals surface area contributed by atoms with Gasteiger partial charge in [-0.3, -0.25) is 4.84 Å². The summed E-state index contributed by atoms with van der Waals surface area (Å²) in [5, 5.41) is 0.